The summed E-state index contributed by atoms with van der Waals surface area (Å²) in [5, 5.41) is 3.27. The van der Waals surface area contributed by atoms with Gasteiger partial charge in [-0.3, -0.25) is 0 Å². The summed E-state index contributed by atoms with van der Waals surface area (Å²) in [7, 11) is 1.96. The molecule has 0 saturated heterocycles. The zero-order valence-corrected chi connectivity index (χ0v) is 15.9. The number of benzene rings is 2. The van der Waals surface area contributed by atoms with Crippen LogP contribution in [0.25, 0.3) is 0 Å². The zero-order chi connectivity index (χ0) is 18.3. The lowest BCUT2D eigenvalue weighted by Crippen LogP contribution is -2.23. The van der Waals surface area contributed by atoms with Crippen molar-refractivity contribution in [1.82, 2.24) is 0 Å². The molecule has 1 aliphatic heterocycles. The van der Waals surface area contributed by atoms with Gasteiger partial charge in [0.1, 0.15) is 0 Å². The molecule has 1 fully saturated rings. The van der Waals surface area contributed by atoms with Gasteiger partial charge in [0.05, 0.1) is 6.10 Å². The van der Waals surface area contributed by atoms with Crippen molar-refractivity contribution < 1.29 is 9.13 Å². The van der Waals surface area contributed by atoms with Crippen LogP contribution >= 0.6 is 0 Å². The molecule has 1 heterocycles. The van der Waals surface area contributed by atoms with E-state index in [1.54, 1.807) is 6.07 Å². The number of anilines is 2. The number of ether oxygens (including phenoxy) is 1. The third kappa shape index (κ3) is 3.37. The average molecular weight is 354 g/mol. The fourth-order valence-corrected chi connectivity index (χ4v) is 3.96. The van der Waals surface area contributed by atoms with Crippen LogP contribution in [-0.2, 0) is 13.0 Å². The highest BCUT2D eigenvalue weighted by molar-refractivity contribution is 5.65. The Labute approximate surface area is 155 Å². The first-order valence-electron chi connectivity index (χ1n) is 9.57. The second-order valence-corrected chi connectivity index (χ2v) is 7.60. The zero-order valence-electron chi connectivity index (χ0n) is 15.9. The van der Waals surface area contributed by atoms with Crippen molar-refractivity contribution in [2.45, 2.75) is 52.2 Å². The largest absolute Gasteiger partial charge is 0.487 e. The van der Waals surface area contributed by atoms with Crippen LogP contribution in [0.3, 0.4) is 0 Å². The third-order valence-electron chi connectivity index (χ3n) is 5.44. The minimum Gasteiger partial charge on any atom is -0.487 e. The molecule has 0 amide bonds. The van der Waals surface area contributed by atoms with E-state index in [0.717, 1.165) is 44.3 Å². The molecule has 0 unspecified atom stereocenters. The minimum absolute atomic E-state index is 0.224. The van der Waals surface area contributed by atoms with Gasteiger partial charge in [-0.15, -0.1) is 0 Å². The van der Waals surface area contributed by atoms with E-state index >= 15 is 0 Å². The Bertz CT molecular complexity index is 806. The summed E-state index contributed by atoms with van der Waals surface area (Å²) in [6.45, 7) is 5.99. The molecular weight excluding hydrogens is 327 g/mol. The van der Waals surface area contributed by atoms with Gasteiger partial charge in [-0.1, -0.05) is 0 Å². The number of aryl methyl sites for hydroxylation is 3. The summed E-state index contributed by atoms with van der Waals surface area (Å²) in [5.74, 6) is 0.208. The van der Waals surface area contributed by atoms with E-state index in [9.17, 15) is 4.39 Å². The van der Waals surface area contributed by atoms with Crippen LogP contribution in [0.5, 0.6) is 5.75 Å². The highest BCUT2D eigenvalue weighted by atomic mass is 19.1. The Kier molecular flexibility index (Phi) is 4.51. The molecule has 2 aromatic rings. The first-order valence-corrected chi connectivity index (χ1v) is 9.57. The quantitative estimate of drug-likeness (QED) is 0.838. The highest BCUT2D eigenvalue weighted by Crippen LogP contribution is 2.34. The van der Waals surface area contributed by atoms with Gasteiger partial charge >= 0.3 is 0 Å². The molecular formula is C22H27FN2O. The van der Waals surface area contributed by atoms with Crippen LogP contribution in [0.4, 0.5) is 15.8 Å². The fourth-order valence-electron chi connectivity index (χ4n) is 3.96. The first-order chi connectivity index (χ1) is 12.5. The van der Waals surface area contributed by atoms with E-state index in [1.165, 1.54) is 28.1 Å². The van der Waals surface area contributed by atoms with Crippen molar-refractivity contribution in [3.8, 4) is 5.75 Å². The van der Waals surface area contributed by atoms with E-state index in [1.807, 2.05) is 13.1 Å². The van der Waals surface area contributed by atoms with Gasteiger partial charge in [0, 0.05) is 31.5 Å². The Morgan fingerprint density at radius 2 is 1.81 bits per heavy atom. The standard InChI is InChI=1S/C22H27FN2O/c1-14-9-18(10-15(2)22(14)24-3)25-8-4-5-16-12-21(26-19-6-7-19)20(23)11-17(16)13-25/h9-12,19,24H,4-8,13H2,1-3H3. The maximum atomic E-state index is 14.5. The molecule has 1 aliphatic carbocycles. The molecule has 2 aromatic carbocycles. The summed E-state index contributed by atoms with van der Waals surface area (Å²) in [6.07, 6.45) is 4.35. The molecule has 138 valence electrons. The molecule has 0 radical (unpaired) electrons. The van der Waals surface area contributed by atoms with Gasteiger partial charge in [0.2, 0.25) is 0 Å². The average Bonchev–Trinajstić information content (AvgIpc) is 3.42. The summed E-state index contributed by atoms with van der Waals surface area (Å²) in [5.41, 5.74) is 7.20. The number of halogens is 1. The lowest BCUT2D eigenvalue weighted by molar-refractivity contribution is 0.287. The van der Waals surface area contributed by atoms with Crippen LogP contribution in [0.2, 0.25) is 0 Å². The third-order valence-corrected chi connectivity index (χ3v) is 5.44. The van der Waals surface area contributed by atoms with Gasteiger partial charge in [-0.2, -0.15) is 0 Å². The van der Waals surface area contributed by atoms with Crippen molar-refractivity contribution in [3.63, 3.8) is 0 Å². The van der Waals surface area contributed by atoms with Gasteiger partial charge in [0.25, 0.3) is 0 Å². The predicted molar refractivity (Wildman–Crippen MR) is 105 cm³/mol. The van der Waals surface area contributed by atoms with Crippen LogP contribution in [0.15, 0.2) is 24.3 Å². The van der Waals surface area contributed by atoms with Gasteiger partial charge < -0.3 is 15.0 Å². The molecule has 3 nitrogen and oxygen atoms in total. The Hall–Kier alpha value is -2.23. The topological polar surface area (TPSA) is 24.5 Å². The molecule has 1 N–H and O–H groups in total. The van der Waals surface area contributed by atoms with Crippen molar-refractivity contribution in [1.29, 1.82) is 0 Å². The van der Waals surface area contributed by atoms with Crippen LogP contribution < -0.4 is 15.0 Å². The lowest BCUT2D eigenvalue weighted by atomic mass is 10.0. The Balaban J connectivity index is 1.62. The number of fused-ring (bicyclic) bond motifs is 1. The summed E-state index contributed by atoms with van der Waals surface area (Å²) in [6, 6.07) is 8.08. The van der Waals surface area contributed by atoms with Gasteiger partial charge in [-0.25, -0.2) is 4.39 Å². The monoisotopic (exact) mass is 354 g/mol. The molecule has 0 aromatic heterocycles. The van der Waals surface area contributed by atoms with Gasteiger partial charge in [0.15, 0.2) is 11.6 Å². The highest BCUT2D eigenvalue weighted by Gasteiger charge is 2.26. The van der Waals surface area contributed by atoms with E-state index in [-0.39, 0.29) is 11.9 Å². The minimum atomic E-state index is -0.226. The SMILES string of the molecule is CNc1c(C)cc(N2CCCc3cc(OC4CC4)c(F)cc3C2)cc1C. The number of nitrogens with one attached hydrogen (secondary N) is 1. The Morgan fingerprint density at radius 3 is 2.46 bits per heavy atom. The van der Waals surface area contributed by atoms with Crippen molar-refractivity contribution in [2.24, 2.45) is 0 Å². The second kappa shape index (κ2) is 6.82. The predicted octanol–water partition coefficient (Wildman–Crippen LogP) is 4.98. The normalized spacial score (nSPS) is 16.8. The summed E-state index contributed by atoms with van der Waals surface area (Å²) in [4.78, 5) is 2.37. The Morgan fingerprint density at radius 1 is 1.08 bits per heavy atom. The number of nitrogens with zero attached hydrogens (tertiary/aromatic N) is 1. The maximum absolute atomic E-state index is 14.5. The van der Waals surface area contributed by atoms with E-state index in [4.69, 9.17) is 4.74 Å². The fraction of sp³-hybridized carbons (Fsp3) is 0.455. The molecule has 0 atom stereocenters. The van der Waals surface area contributed by atoms with Crippen LogP contribution in [-0.4, -0.2) is 19.7 Å². The lowest BCUT2D eigenvalue weighted by Gasteiger charge is -2.25. The summed E-state index contributed by atoms with van der Waals surface area (Å²) >= 11 is 0. The molecule has 0 spiro atoms. The molecule has 2 aliphatic rings. The van der Waals surface area contributed by atoms with Crippen molar-refractivity contribution in [2.75, 3.05) is 23.8 Å². The van der Waals surface area contributed by atoms with Crippen LogP contribution in [0.1, 0.15) is 41.5 Å². The van der Waals surface area contributed by atoms with Gasteiger partial charge in [-0.05, 0) is 86.1 Å². The number of hydrogen-bond donors (Lipinski definition) is 1. The molecule has 0 bridgehead atoms. The molecule has 1 saturated carbocycles. The van der Waals surface area contributed by atoms with E-state index in [2.05, 4.69) is 36.2 Å². The van der Waals surface area contributed by atoms with E-state index in [0.29, 0.717) is 5.75 Å². The maximum Gasteiger partial charge on any atom is 0.165 e. The van der Waals surface area contributed by atoms with E-state index < -0.39 is 0 Å². The van der Waals surface area contributed by atoms with Crippen molar-refractivity contribution >= 4 is 11.4 Å². The smallest absolute Gasteiger partial charge is 0.165 e. The summed E-state index contributed by atoms with van der Waals surface area (Å²) < 4.78 is 20.2. The first kappa shape index (κ1) is 17.2. The van der Waals surface area contributed by atoms with Crippen molar-refractivity contribution in [3.05, 3.63) is 52.3 Å². The number of rotatable bonds is 4. The molecule has 4 heteroatoms. The second-order valence-electron chi connectivity index (χ2n) is 7.60. The van der Waals surface area contributed by atoms with Crippen LogP contribution in [0, 0.1) is 19.7 Å². The molecule has 26 heavy (non-hydrogen) atoms. The molecule has 4 rings (SSSR count). The number of hydrogen-bond acceptors (Lipinski definition) is 3.